The van der Waals surface area contributed by atoms with Crippen LogP contribution in [0.2, 0.25) is 0 Å². The van der Waals surface area contributed by atoms with Gasteiger partial charge in [0.2, 0.25) is 0 Å². The number of thioether (sulfide) groups is 1. The third-order valence-electron chi connectivity index (χ3n) is 2.88. The Kier molecular flexibility index (Phi) is 4.99. The predicted molar refractivity (Wildman–Crippen MR) is 70.6 cm³/mol. The van der Waals surface area contributed by atoms with Crippen molar-refractivity contribution in [2.75, 3.05) is 30.8 Å². The number of rotatable bonds is 5. The van der Waals surface area contributed by atoms with Crippen LogP contribution in [0.3, 0.4) is 0 Å². The Bertz CT molecular complexity index is 405. The molecule has 0 aromatic heterocycles. The molecule has 2 rings (SSSR count). The number of anilines is 1. The maximum Gasteiger partial charge on any atom is 0.398 e. The summed E-state index contributed by atoms with van der Waals surface area (Å²) in [6.45, 7) is 2.24. The Morgan fingerprint density at radius 1 is 1.32 bits per heavy atom. The van der Waals surface area contributed by atoms with E-state index < -0.39 is 11.9 Å². The number of ether oxygens (including phenoxy) is 1. The van der Waals surface area contributed by atoms with E-state index >= 15 is 0 Å². The minimum Gasteiger partial charge on any atom is -0.384 e. The lowest BCUT2D eigenvalue weighted by molar-refractivity contribution is -0.105. The first-order valence-electron chi connectivity index (χ1n) is 6.15. The van der Waals surface area contributed by atoms with E-state index in [4.69, 9.17) is 4.74 Å². The normalized spacial score (nSPS) is 19.6. The summed E-state index contributed by atoms with van der Waals surface area (Å²) < 4.78 is 42.0. The van der Waals surface area contributed by atoms with Gasteiger partial charge < -0.3 is 10.1 Å². The molecule has 1 fully saturated rings. The van der Waals surface area contributed by atoms with E-state index in [0.717, 1.165) is 43.6 Å². The van der Waals surface area contributed by atoms with Crippen molar-refractivity contribution in [1.82, 2.24) is 0 Å². The number of alkyl halides is 3. The quantitative estimate of drug-likeness (QED) is 0.834. The Morgan fingerprint density at radius 3 is 2.79 bits per heavy atom. The molecule has 0 saturated carbocycles. The van der Waals surface area contributed by atoms with Crippen LogP contribution in [0.4, 0.5) is 18.9 Å². The minimum atomic E-state index is -4.14. The average molecular weight is 291 g/mol. The highest BCUT2D eigenvalue weighted by Crippen LogP contribution is 2.32. The molecule has 1 unspecified atom stereocenters. The lowest BCUT2D eigenvalue weighted by atomic mass is 10.1. The fourth-order valence-corrected chi connectivity index (χ4v) is 2.69. The molecule has 106 valence electrons. The molecule has 0 aliphatic carbocycles. The van der Waals surface area contributed by atoms with Crippen molar-refractivity contribution in [2.24, 2.45) is 5.92 Å². The highest BCUT2D eigenvalue weighted by atomic mass is 32.2. The lowest BCUT2D eigenvalue weighted by Gasteiger charge is -2.14. The molecule has 1 aliphatic rings. The number of nitrogens with one attached hydrogen (secondary N) is 1. The molecule has 1 N–H and O–H groups in total. The van der Waals surface area contributed by atoms with Crippen LogP contribution < -0.4 is 5.32 Å². The third-order valence-corrected chi connectivity index (χ3v) is 4.02. The lowest BCUT2D eigenvalue weighted by Crippen LogP contribution is -2.15. The smallest absolute Gasteiger partial charge is 0.384 e. The maximum atomic E-state index is 12.2. The van der Waals surface area contributed by atoms with Crippen molar-refractivity contribution in [2.45, 2.75) is 17.5 Å². The van der Waals surface area contributed by atoms with Gasteiger partial charge in [0.1, 0.15) is 0 Å². The summed E-state index contributed by atoms with van der Waals surface area (Å²) >= 11 is 0.818. The van der Waals surface area contributed by atoms with Crippen molar-refractivity contribution >= 4 is 17.4 Å². The summed E-state index contributed by atoms with van der Waals surface area (Å²) in [7, 11) is 0. The summed E-state index contributed by atoms with van der Waals surface area (Å²) in [6, 6.07) is 7.10. The van der Waals surface area contributed by atoms with Gasteiger partial charge in [0.25, 0.3) is 0 Å². The van der Waals surface area contributed by atoms with Crippen molar-refractivity contribution < 1.29 is 17.9 Å². The number of benzene rings is 1. The zero-order chi connectivity index (χ0) is 13.7. The molecular formula is C13H16F3NOS. The SMILES string of the molecule is FC(F)(F)CSc1ccccc1NCC1CCOC1. The van der Waals surface area contributed by atoms with Gasteiger partial charge in [-0.15, -0.1) is 11.8 Å². The molecule has 0 amide bonds. The molecule has 1 aromatic rings. The van der Waals surface area contributed by atoms with Crippen LogP contribution in [-0.4, -0.2) is 31.7 Å². The first-order chi connectivity index (χ1) is 9.04. The summed E-state index contributed by atoms with van der Waals surface area (Å²) in [4.78, 5) is 0.638. The van der Waals surface area contributed by atoms with Gasteiger partial charge >= 0.3 is 6.18 Å². The van der Waals surface area contributed by atoms with E-state index in [-0.39, 0.29) is 0 Å². The van der Waals surface area contributed by atoms with Gasteiger partial charge in [-0.1, -0.05) is 12.1 Å². The molecule has 1 atom stereocenters. The molecule has 1 aliphatic heterocycles. The van der Waals surface area contributed by atoms with Crippen molar-refractivity contribution in [3.8, 4) is 0 Å². The zero-order valence-corrected chi connectivity index (χ0v) is 11.2. The second kappa shape index (κ2) is 6.52. The zero-order valence-electron chi connectivity index (χ0n) is 10.4. The van der Waals surface area contributed by atoms with Crippen LogP contribution in [0.15, 0.2) is 29.2 Å². The van der Waals surface area contributed by atoms with E-state index in [1.54, 1.807) is 12.1 Å². The van der Waals surface area contributed by atoms with Crippen LogP contribution in [0.1, 0.15) is 6.42 Å². The van der Waals surface area contributed by atoms with Crippen molar-refractivity contribution in [3.63, 3.8) is 0 Å². The summed E-state index contributed by atoms with van der Waals surface area (Å²) in [5.41, 5.74) is 0.767. The van der Waals surface area contributed by atoms with Gasteiger partial charge in [-0.25, -0.2) is 0 Å². The molecule has 0 spiro atoms. The van der Waals surface area contributed by atoms with Crippen LogP contribution in [-0.2, 0) is 4.74 Å². The van der Waals surface area contributed by atoms with Crippen LogP contribution in [0, 0.1) is 5.92 Å². The highest BCUT2D eigenvalue weighted by Gasteiger charge is 2.27. The maximum absolute atomic E-state index is 12.2. The van der Waals surface area contributed by atoms with Gasteiger partial charge in [0.15, 0.2) is 0 Å². The highest BCUT2D eigenvalue weighted by molar-refractivity contribution is 7.99. The molecule has 0 bridgehead atoms. The minimum absolute atomic E-state index is 0.445. The average Bonchev–Trinajstić information content (AvgIpc) is 2.87. The van der Waals surface area contributed by atoms with Crippen LogP contribution >= 0.6 is 11.8 Å². The summed E-state index contributed by atoms with van der Waals surface area (Å²) in [6.07, 6.45) is -3.14. The molecule has 1 saturated heterocycles. The van der Waals surface area contributed by atoms with Crippen molar-refractivity contribution in [1.29, 1.82) is 0 Å². The van der Waals surface area contributed by atoms with E-state index in [1.165, 1.54) is 0 Å². The fraction of sp³-hybridized carbons (Fsp3) is 0.538. The molecule has 19 heavy (non-hydrogen) atoms. The van der Waals surface area contributed by atoms with Gasteiger partial charge in [-0.05, 0) is 18.6 Å². The van der Waals surface area contributed by atoms with E-state index in [1.807, 2.05) is 12.1 Å². The van der Waals surface area contributed by atoms with Gasteiger partial charge in [-0.3, -0.25) is 0 Å². The first-order valence-corrected chi connectivity index (χ1v) is 7.13. The topological polar surface area (TPSA) is 21.3 Å². The Balaban J connectivity index is 1.91. The number of hydrogen-bond acceptors (Lipinski definition) is 3. The molecule has 2 nitrogen and oxygen atoms in total. The van der Waals surface area contributed by atoms with Crippen LogP contribution in [0.5, 0.6) is 0 Å². The molecular weight excluding hydrogens is 275 g/mol. The largest absolute Gasteiger partial charge is 0.398 e. The monoisotopic (exact) mass is 291 g/mol. The molecule has 1 aromatic carbocycles. The summed E-state index contributed by atoms with van der Waals surface area (Å²) in [5.74, 6) is -0.418. The van der Waals surface area contributed by atoms with E-state index in [9.17, 15) is 13.2 Å². The second-order valence-corrected chi connectivity index (χ2v) is 5.53. The predicted octanol–water partition coefficient (Wildman–Crippen LogP) is 3.79. The van der Waals surface area contributed by atoms with Gasteiger partial charge in [-0.2, -0.15) is 13.2 Å². The van der Waals surface area contributed by atoms with Gasteiger partial charge in [0, 0.05) is 29.7 Å². The number of hydrogen-bond donors (Lipinski definition) is 1. The second-order valence-electron chi connectivity index (χ2n) is 4.51. The molecule has 1 heterocycles. The van der Waals surface area contributed by atoms with Crippen LogP contribution in [0.25, 0.3) is 0 Å². The van der Waals surface area contributed by atoms with Gasteiger partial charge in [0.05, 0.1) is 12.4 Å². The standard InChI is InChI=1S/C13H16F3NOS/c14-13(15,16)9-19-12-4-2-1-3-11(12)17-7-10-5-6-18-8-10/h1-4,10,17H,5-9H2. The Labute approximate surface area is 114 Å². The number of halogens is 3. The molecule has 0 radical (unpaired) electrons. The summed E-state index contributed by atoms with van der Waals surface area (Å²) in [5, 5.41) is 3.22. The number of para-hydroxylation sites is 1. The fourth-order valence-electron chi connectivity index (χ4n) is 1.90. The van der Waals surface area contributed by atoms with E-state index in [2.05, 4.69) is 5.32 Å². The first kappa shape index (κ1) is 14.5. The van der Waals surface area contributed by atoms with E-state index in [0.29, 0.717) is 10.8 Å². The Morgan fingerprint density at radius 2 is 2.11 bits per heavy atom. The third kappa shape index (κ3) is 4.95. The van der Waals surface area contributed by atoms with Crippen molar-refractivity contribution in [3.05, 3.63) is 24.3 Å². The Hall–Kier alpha value is -0.880. The molecule has 6 heteroatoms.